The third kappa shape index (κ3) is 39.7. The first-order valence-electron chi connectivity index (χ1n) is 22.5. The number of hydrogen-bond donors (Lipinski definition) is 1. The molecule has 298 valence electrons. The summed E-state index contributed by atoms with van der Waals surface area (Å²) in [7, 11) is 0. The largest absolute Gasteiger partial charge is 0.462 e. The topological polar surface area (TPSA) is 72.8 Å². The SMILES string of the molecule is CCCCCCCCCCCCCCCCCCCC(=O)OC[C@H](CO)OC(=O)CCCCCCCCCCCCCCCCCCC(C)C. The van der Waals surface area contributed by atoms with Crippen molar-refractivity contribution in [2.45, 2.75) is 258 Å². The monoisotopic (exact) mass is 709 g/mol. The number of esters is 2. The van der Waals surface area contributed by atoms with Crippen LogP contribution in [0.5, 0.6) is 0 Å². The van der Waals surface area contributed by atoms with E-state index in [9.17, 15) is 14.7 Å². The fraction of sp³-hybridized carbons (Fsp3) is 0.956. The van der Waals surface area contributed by atoms with Crippen molar-refractivity contribution in [3.63, 3.8) is 0 Å². The van der Waals surface area contributed by atoms with Crippen molar-refractivity contribution in [1.29, 1.82) is 0 Å². The second-order valence-corrected chi connectivity index (χ2v) is 16.0. The normalized spacial score (nSPS) is 12.1. The molecule has 0 aromatic heterocycles. The van der Waals surface area contributed by atoms with Crippen LogP contribution < -0.4 is 0 Å². The Morgan fingerprint density at radius 3 is 1.06 bits per heavy atom. The molecule has 0 saturated carbocycles. The van der Waals surface area contributed by atoms with Crippen LogP contribution in [0.3, 0.4) is 0 Å². The predicted octanol–water partition coefficient (Wildman–Crippen LogP) is 14.2. The summed E-state index contributed by atoms with van der Waals surface area (Å²) in [5, 5.41) is 9.59. The van der Waals surface area contributed by atoms with Gasteiger partial charge in [-0.25, -0.2) is 0 Å². The van der Waals surface area contributed by atoms with Crippen LogP contribution in [-0.4, -0.2) is 36.4 Å². The maximum absolute atomic E-state index is 12.2. The van der Waals surface area contributed by atoms with Crippen molar-refractivity contribution >= 4 is 11.9 Å². The van der Waals surface area contributed by atoms with E-state index in [-0.39, 0.29) is 25.2 Å². The van der Waals surface area contributed by atoms with E-state index in [4.69, 9.17) is 9.47 Å². The molecule has 0 aliphatic rings. The van der Waals surface area contributed by atoms with Gasteiger partial charge in [-0.15, -0.1) is 0 Å². The van der Waals surface area contributed by atoms with Gasteiger partial charge >= 0.3 is 11.9 Å². The lowest BCUT2D eigenvalue weighted by Crippen LogP contribution is -2.28. The number of carbonyl (C=O) groups excluding carboxylic acids is 2. The van der Waals surface area contributed by atoms with E-state index in [2.05, 4.69) is 20.8 Å². The molecule has 0 aliphatic carbocycles. The Hall–Kier alpha value is -1.10. The van der Waals surface area contributed by atoms with Crippen LogP contribution in [0.15, 0.2) is 0 Å². The van der Waals surface area contributed by atoms with Crippen molar-refractivity contribution in [2.75, 3.05) is 13.2 Å². The van der Waals surface area contributed by atoms with E-state index in [1.165, 1.54) is 186 Å². The molecule has 0 heterocycles. The molecule has 0 aliphatic heterocycles. The minimum atomic E-state index is -0.762. The molecular formula is C45H88O5. The minimum absolute atomic E-state index is 0.0569. The Kier molecular flexibility index (Phi) is 39.8. The molecule has 0 rings (SSSR count). The molecule has 0 saturated heterocycles. The van der Waals surface area contributed by atoms with Gasteiger partial charge in [0.25, 0.3) is 0 Å². The summed E-state index contributed by atoms with van der Waals surface area (Å²) in [5.74, 6) is 0.287. The number of carbonyl (C=O) groups is 2. The average molecular weight is 709 g/mol. The molecule has 0 bridgehead atoms. The molecule has 50 heavy (non-hydrogen) atoms. The Morgan fingerprint density at radius 2 is 0.740 bits per heavy atom. The van der Waals surface area contributed by atoms with Crippen molar-refractivity contribution in [3.05, 3.63) is 0 Å². The van der Waals surface area contributed by atoms with Crippen LogP contribution >= 0.6 is 0 Å². The number of ether oxygens (including phenoxy) is 2. The summed E-state index contributed by atoms with van der Waals surface area (Å²) >= 11 is 0. The van der Waals surface area contributed by atoms with Gasteiger partial charge in [0.15, 0.2) is 6.10 Å². The first-order valence-corrected chi connectivity index (χ1v) is 22.5. The lowest BCUT2D eigenvalue weighted by molar-refractivity contribution is -0.161. The Bertz CT molecular complexity index is 693. The van der Waals surface area contributed by atoms with Gasteiger partial charge < -0.3 is 14.6 Å². The van der Waals surface area contributed by atoms with E-state index in [1.807, 2.05) is 0 Å². The molecule has 0 amide bonds. The van der Waals surface area contributed by atoms with Crippen LogP contribution in [0, 0.1) is 5.92 Å². The van der Waals surface area contributed by atoms with Gasteiger partial charge in [-0.05, 0) is 18.8 Å². The van der Waals surface area contributed by atoms with E-state index in [0.717, 1.165) is 38.0 Å². The van der Waals surface area contributed by atoms with Gasteiger partial charge in [0.05, 0.1) is 6.61 Å². The maximum Gasteiger partial charge on any atom is 0.306 e. The summed E-state index contributed by atoms with van der Waals surface area (Å²) in [6, 6.07) is 0. The minimum Gasteiger partial charge on any atom is -0.462 e. The maximum atomic E-state index is 12.2. The highest BCUT2D eigenvalue weighted by molar-refractivity contribution is 5.70. The number of aliphatic hydroxyl groups is 1. The highest BCUT2D eigenvalue weighted by Gasteiger charge is 2.16. The Labute approximate surface area is 312 Å². The predicted molar refractivity (Wildman–Crippen MR) is 215 cm³/mol. The quantitative estimate of drug-likeness (QED) is 0.0505. The van der Waals surface area contributed by atoms with Gasteiger partial charge in [0.1, 0.15) is 6.61 Å². The van der Waals surface area contributed by atoms with Gasteiger partial charge in [-0.1, -0.05) is 226 Å². The highest BCUT2D eigenvalue weighted by atomic mass is 16.6. The Balaban J connectivity index is 3.46. The van der Waals surface area contributed by atoms with Crippen molar-refractivity contribution in [1.82, 2.24) is 0 Å². The van der Waals surface area contributed by atoms with Crippen LogP contribution in [0.25, 0.3) is 0 Å². The molecule has 1 atom stereocenters. The lowest BCUT2D eigenvalue weighted by atomic mass is 10.0. The van der Waals surface area contributed by atoms with Gasteiger partial charge in [-0.3, -0.25) is 9.59 Å². The molecule has 0 spiro atoms. The van der Waals surface area contributed by atoms with Crippen LogP contribution in [-0.2, 0) is 19.1 Å². The first-order chi connectivity index (χ1) is 24.5. The third-order valence-corrected chi connectivity index (χ3v) is 10.3. The number of hydrogen-bond acceptors (Lipinski definition) is 5. The molecule has 0 radical (unpaired) electrons. The molecule has 0 unspecified atom stereocenters. The molecule has 0 fully saturated rings. The summed E-state index contributed by atoms with van der Waals surface area (Å²) in [6.45, 7) is 6.54. The summed E-state index contributed by atoms with van der Waals surface area (Å²) in [4.78, 5) is 24.3. The molecule has 1 N–H and O–H groups in total. The number of unbranched alkanes of at least 4 members (excludes halogenated alkanes) is 31. The fourth-order valence-electron chi connectivity index (χ4n) is 6.92. The zero-order valence-corrected chi connectivity index (χ0v) is 34.1. The summed E-state index contributed by atoms with van der Waals surface area (Å²) in [6.07, 6.45) is 44.6. The molecule has 0 aromatic rings. The molecule has 5 heteroatoms. The van der Waals surface area contributed by atoms with Gasteiger partial charge in [0, 0.05) is 12.8 Å². The van der Waals surface area contributed by atoms with Crippen molar-refractivity contribution in [3.8, 4) is 0 Å². The second-order valence-electron chi connectivity index (χ2n) is 16.0. The van der Waals surface area contributed by atoms with E-state index >= 15 is 0 Å². The van der Waals surface area contributed by atoms with Gasteiger partial charge in [0.2, 0.25) is 0 Å². The van der Waals surface area contributed by atoms with Crippen LogP contribution in [0.2, 0.25) is 0 Å². The van der Waals surface area contributed by atoms with E-state index in [0.29, 0.717) is 12.8 Å². The van der Waals surface area contributed by atoms with Crippen LogP contribution in [0.1, 0.15) is 252 Å². The smallest absolute Gasteiger partial charge is 0.306 e. The standard InChI is InChI=1S/C45H88O5/c1-4-5-6-7-8-9-10-11-12-13-17-20-23-26-29-32-35-38-44(47)49-41-43(40-46)50-45(48)39-36-33-30-27-24-21-18-15-14-16-19-22-25-28-31-34-37-42(2)3/h42-43,46H,4-41H2,1-3H3/t43-/m0/s1. The lowest BCUT2D eigenvalue weighted by Gasteiger charge is -2.15. The van der Waals surface area contributed by atoms with Crippen LogP contribution in [0.4, 0.5) is 0 Å². The molecule has 5 nitrogen and oxygen atoms in total. The number of rotatable bonds is 41. The van der Waals surface area contributed by atoms with E-state index < -0.39 is 6.10 Å². The second kappa shape index (κ2) is 40.7. The van der Waals surface area contributed by atoms with Crippen molar-refractivity contribution in [2.24, 2.45) is 5.92 Å². The average Bonchev–Trinajstić information content (AvgIpc) is 3.10. The highest BCUT2D eigenvalue weighted by Crippen LogP contribution is 2.17. The Morgan fingerprint density at radius 1 is 0.440 bits per heavy atom. The van der Waals surface area contributed by atoms with Gasteiger partial charge in [-0.2, -0.15) is 0 Å². The summed E-state index contributed by atoms with van der Waals surface area (Å²) in [5.41, 5.74) is 0. The molecule has 0 aromatic carbocycles. The van der Waals surface area contributed by atoms with Crippen molar-refractivity contribution < 1.29 is 24.2 Å². The molecular weight excluding hydrogens is 620 g/mol. The number of aliphatic hydroxyl groups excluding tert-OH is 1. The zero-order chi connectivity index (χ0) is 36.6. The third-order valence-electron chi connectivity index (χ3n) is 10.3. The summed E-state index contributed by atoms with van der Waals surface area (Å²) < 4.78 is 10.7. The first kappa shape index (κ1) is 48.9. The fourth-order valence-corrected chi connectivity index (χ4v) is 6.92. The zero-order valence-electron chi connectivity index (χ0n) is 34.1. The van der Waals surface area contributed by atoms with E-state index in [1.54, 1.807) is 0 Å².